The first-order valence-electron chi connectivity index (χ1n) is 12.6. The number of nitrogens with one attached hydrogen (secondary N) is 3. The molecule has 4 rings (SSSR count). The van der Waals surface area contributed by atoms with Crippen LogP contribution < -0.4 is 16.0 Å². The summed E-state index contributed by atoms with van der Waals surface area (Å²) in [5.74, 6) is 1.49. The summed E-state index contributed by atoms with van der Waals surface area (Å²) in [5, 5.41) is 27.7. The van der Waals surface area contributed by atoms with Crippen molar-refractivity contribution >= 4 is 51.8 Å². The maximum absolute atomic E-state index is 11.1. The number of aromatic nitrogens is 2. The number of rotatable bonds is 13. The number of non-ortho nitro benzene ring substituents is 1. The minimum Gasteiger partial charge on any atom is -0.383 e. The Labute approximate surface area is 219 Å². The van der Waals surface area contributed by atoms with Crippen molar-refractivity contribution in [3.05, 3.63) is 22.2 Å². The van der Waals surface area contributed by atoms with Crippen molar-refractivity contribution in [3.8, 4) is 0 Å². The number of carbonyl (C=O) groups excluding carboxylic acids is 3. The van der Waals surface area contributed by atoms with Crippen molar-refractivity contribution in [2.45, 2.75) is 82.5 Å². The molecule has 2 aliphatic heterocycles. The Balaban J connectivity index is 0.000000213. The van der Waals surface area contributed by atoms with Crippen LogP contribution in [0.3, 0.4) is 0 Å². The third-order valence-corrected chi connectivity index (χ3v) is 7.83. The number of benzene rings is 1. The fraction of sp³-hybridized carbons (Fsp3) is 0.625. The normalized spacial score (nSPS) is 19.9. The van der Waals surface area contributed by atoms with Gasteiger partial charge in [-0.1, -0.05) is 12.8 Å². The van der Waals surface area contributed by atoms with E-state index in [-0.39, 0.29) is 28.8 Å². The Hall–Kier alpha value is -3.22. The molecule has 3 heterocycles. The highest BCUT2D eigenvalue weighted by atomic mass is 32.2. The lowest BCUT2D eigenvalue weighted by Gasteiger charge is -2.16. The number of nitro benzene ring substituents is 1. The van der Waals surface area contributed by atoms with Crippen LogP contribution in [0.2, 0.25) is 0 Å². The molecular formula is C24H34N6O6S. The Morgan fingerprint density at radius 1 is 1.08 bits per heavy atom. The zero-order chi connectivity index (χ0) is 26.8. The van der Waals surface area contributed by atoms with E-state index in [0.717, 1.165) is 44.3 Å². The molecule has 0 bridgehead atoms. The van der Waals surface area contributed by atoms with Gasteiger partial charge in [0.1, 0.15) is 11.6 Å². The minimum absolute atomic E-state index is 0.0240. The first kappa shape index (κ1) is 28.4. The van der Waals surface area contributed by atoms with Gasteiger partial charge in [-0.15, -0.1) is 0 Å². The van der Waals surface area contributed by atoms with E-state index in [1.807, 2.05) is 11.8 Å². The molecule has 0 saturated carbocycles. The van der Waals surface area contributed by atoms with Crippen LogP contribution in [0, 0.1) is 10.1 Å². The molecule has 2 aromatic rings. The van der Waals surface area contributed by atoms with E-state index in [9.17, 15) is 24.5 Å². The van der Waals surface area contributed by atoms with Gasteiger partial charge in [0.05, 0.1) is 22.7 Å². The van der Waals surface area contributed by atoms with Gasteiger partial charge < -0.3 is 25.5 Å². The number of carbonyl (C=O) groups is 3. The number of unbranched alkanes of at least 4 members (excludes halogenated alkanes) is 3. The molecule has 1 aromatic carbocycles. The maximum Gasteiger partial charge on any atom is 0.315 e. The van der Waals surface area contributed by atoms with Crippen LogP contribution in [0.15, 0.2) is 16.8 Å². The molecule has 1 aromatic heterocycles. The SMILES string of the molecule is CC(=O)CCCCCNc1ccc([N+](=O)[O-])c2nonc12.CC(=O)CCCC[C@@H]1SC[C@@H]2NC(=O)N[C@@H]21. The van der Waals surface area contributed by atoms with Crippen molar-refractivity contribution in [1.82, 2.24) is 20.9 Å². The third kappa shape index (κ3) is 8.41. The minimum atomic E-state index is -0.516. The van der Waals surface area contributed by atoms with Crippen LogP contribution in [0.25, 0.3) is 11.0 Å². The fourth-order valence-corrected chi connectivity index (χ4v) is 5.95. The van der Waals surface area contributed by atoms with Crippen molar-refractivity contribution in [2.24, 2.45) is 0 Å². The number of fused-ring (bicyclic) bond motifs is 2. The molecule has 202 valence electrons. The molecule has 2 saturated heterocycles. The maximum atomic E-state index is 11.1. The summed E-state index contributed by atoms with van der Waals surface area (Å²) in [6, 6.07) is 3.57. The summed E-state index contributed by atoms with van der Waals surface area (Å²) >= 11 is 1.93. The summed E-state index contributed by atoms with van der Waals surface area (Å²) in [7, 11) is 0. The summed E-state index contributed by atoms with van der Waals surface area (Å²) < 4.78 is 4.59. The van der Waals surface area contributed by atoms with Crippen molar-refractivity contribution in [2.75, 3.05) is 17.6 Å². The molecule has 0 unspecified atom stereocenters. The Morgan fingerprint density at radius 3 is 2.49 bits per heavy atom. The Kier molecular flexibility index (Phi) is 10.7. The van der Waals surface area contributed by atoms with Crippen LogP contribution in [0.1, 0.15) is 65.2 Å². The number of nitrogens with zero attached hydrogens (tertiary/aromatic N) is 3. The smallest absolute Gasteiger partial charge is 0.315 e. The average molecular weight is 535 g/mol. The van der Waals surface area contributed by atoms with Gasteiger partial charge in [0.2, 0.25) is 5.52 Å². The van der Waals surface area contributed by atoms with Crippen LogP contribution in [0.5, 0.6) is 0 Å². The Bertz CT molecular complexity index is 1110. The van der Waals surface area contributed by atoms with E-state index in [1.165, 1.54) is 6.07 Å². The lowest BCUT2D eigenvalue weighted by Crippen LogP contribution is -2.36. The molecule has 12 nitrogen and oxygen atoms in total. The van der Waals surface area contributed by atoms with Crippen LogP contribution in [-0.4, -0.2) is 62.5 Å². The van der Waals surface area contributed by atoms with Gasteiger partial charge in [0.15, 0.2) is 5.52 Å². The second-order valence-corrected chi connectivity index (χ2v) is 10.6. The number of urea groups is 1. The fourth-order valence-electron chi connectivity index (χ4n) is 4.40. The number of ketones is 2. The van der Waals surface area contributed by atoms with Gasteiger partial charge in [-0.25, -0.2) is 9.42 Å². The largest absolute Gasteiger partial charge is 0.383 e. The predicted molar refractivity (Wildman–Crippen MR) is 141 cm³/mol. The van der Waals surface area contributed by atoms with E-state index < -0.39 is 4.92 Å². The highest BCUT2D eigenvalue weighted by Crippen LogP contribution is 2.33. The molecule has 2 amide bonds. The molecule has 0 radical (unpaired) electrons. The molecule has 0 aliphatic carbocycles. The van der Waals surface area contributed by atoms with Gasteiger partial charge in [0.25, 0.3) is 0 Å². The van der Waals surface area contributed by atoms with E-state index >= 15 is 0 Å². The van der Waals surface area contributed by atoms with E-state index in [2.05, 4.69) is 30.9 Å². The molecule has 2 fully saturated rings. The van der Waals surface area contributed by atoms with E-state index in [0.29, 0.717) is 47.9 Å². The molecule has 2 aliphatic rings. The van der Waals surface area contributed by atoms with Gasteiger partial charge in [-0.05, 0) is 55.9 Å². The first-order valence-corrected chi connectivity index (χ1v) is 13.6. The van der Waals surface area contributed by atoms with Gasteiger partial charge in [-0.3, -0.25) is 10.1 Å². The van der Waals surface area contributed by atoms with Gasteiger partial charge >= 0.3 is 11.7 Å². The number of nitro groups is 1. The zero-order valence-electron chi connectivity index (χ0n) is 21.2. The predicted octanol–water partition coefficient (Wildman–Crippen LogP) is 3.99. The highest BCUT2D eigenvalue weighted by Gasteiger charge is 2.42. The number of Topliss-reactive ketones (excluding diaryl/α,β-unsaturated/α-hetero) is 2. The second-order valence-electron chi connectivity index (χ2n) is 9.36. The first-order chi connectivity index (χ1) is 17.8. The van der Waals surface area contributed by atoms with Crippen LogP contribution in [0.4, 0.5) is 16.2 Å². The summed E-state index contributed by atoms with van der Waals surface area (Å²) in [4.78, 5) is 43.1. The summed E-state index contributed by atoms with van der Waals surface area (Å²) in [5.41, 5.74) is 1.02. The summed E-state index contributed by atoms with van der Waals surface area (Å²) in [6.45, 7) is 3.92. The second kappa shape index (κ2) is 13.9. The molecular weight excluding hydrogens is 500 g/mol. The zero-order valence-corrected chi connectivity index (χ0v) is 22.0. The molecule has 3 N–H and O–H groups in total. The van der Waals surface area contributed by atoms with E-state index in [4.69, 9.17) is 0 Å². The van der Waals surface area contributed by atoms with Crippen molar-refractivity contribution < 1.29 is 23.9 Å². The third-order valence-electron chi connectivity index (χ3n) is 6.32. The van der Waals surface area contributed by atoms with Crippen LogP contribution >= 0.6 is 11.8 Å². The average Bonchev–Trinajstić information content (AvgIpc) is 3.55. The standard InChI is InChI=1S/C13H16N4O4.C11H18N2O2S/c1-9(18)5-3-2-4-8-14-10-6-7-11(17(19)20)13-12(10)15-21-16-13;1-7(14)4-2-3-5-9-10-8(6-16-9)12-11(15)13-10/h6-7,14H,2-5,8H2,1H3;8-10H,2-6H2,1H3,(H2,12,13,15)/t;8-,9-,10-/m.0/s1. The van der Waals surface area contributed by atoms with Crippen LogP contribution in [-0.2, 0) is 9.59 Å². The topological polar surface area (TPSA) is 169 Å². The van der Waals surface area contributed by atoms with Gasteiger partial charge in [0, 0.05) is 36.5 Å². The molecule has 3 atom stereocenters. The highest BCUT2D eigenvalue weighted by molar-refractivity contribution is 8.00. The number of thioether (sulfide) groups is 1. The Morgan fingerprint density at radius 2 is 1.78 bits per heavy atom. The van der Waals surface area contributed by atoms with Crippen molar-refractivity contribution in [3.63, 3.8) is 0 Å². The summed E-state index contributed by atoms with van der Waals surface area (Å²) in [6.07, 6.45) is 7.17. The number of hydrogen-bond donors (Lipinski definition) is 3. The monoisotopic (exact) mass is 534 g/mol. The number of hydrogen-bond acceptors (Lipinski definition) is 10. The van der Waals surface area contributed by atoms with Gasteiger partial charge in [-0.2, -0.15) is 11.8 Å². The lowest BCUT2D eigenvalue weighted by molar-refractivity contribution is -0.383. The molecule has 13 heteroatoms. The van der Waals surface area contributed by atoms with E-state index in [1.54, 1.807) is 19.9 Å². The number of anilines is 1. The molecule has 37 heavy (non-hydrogen) atoms. The number of amides is 2. The quantitative estimate of drug-likeness (QED) is 0.148. The van der Waals surface area contributed by atoms with Crippen molar-refractivity contribution in [1.29, 1.82) is 0 Å². The lowest BCUT2D eigenvalue weighted by atomic mass is 10.0. The molecule has 0 spiro atoms.